The third-order valence-corrected chi connectivity index (χ3v) is 3.21. The molecule has 1 saturated heterocycles. The van der Waals surface area contributed by atoms with Gasteiger partial charge in [-0.3, -0.25) is 0 Å². The number of likely N-dealkylation sites (N-methyl/N-ethyl adjacent to an activating group) is 1. The van der Waals surface area contributed by atoms with Crippen molar-refractivity contribution in [1.29, 1.82) is 0 Å². The monoisotopic (exact) mass is 250 g/mol. The first-order valence-corrected chi connectivity index (χ1v) is 6.76. The lowest BCUT2D eigenvalue weighted by Crippen LogP contribution is -2.42. The Morgan fingerprint density at radius 2 is 2.39 bits per heavy atom. The summed E-state index contributed by atoms with van der Waals surface area (Å²) in [6.07, 6.45) is 4.15. The number of anilines is 1. The summed E-state index contributed by atoms with van der Waals surface area (Å²) in [7, 11) is 0. The van der Waals surface area contributed by atoms with Crippen LogP contribution < -0.4 is 10.1 Å². The molecule has 1 aromatic heterocycles. The molecule has 0 aliphatic carbocycles. The summed E-state index contributed by atoms with van der Waals surface area (Å²) in [5.74, 6) is 1.31. The van der Waals surface area contributed by atoms with E-state index in [-0.39, 0.29) is 0 Å². The molecule has 1 aliphatic heterocycles. The van der Waals surface area contributed by atoms with Crippen LogP contribution in [0.15, 0.2) is 12.3 Å². The van der Waals surface area contributed by atoms with Crippen LogP contribution in [0.5, 0.6) is 5.88 Å². The van der Waals surface area contributed by atoms with E-state index in [9.17, 15) is 0 Å². The van der Waals surface area contributed by atoms with Crippen molar-refractivity contribution in [2.45, 2.75) is 32.7 Å². The van der Waals surface area contributed by atoms with Crippen LogP contribution >= 0.6 is 0 Å². The molecule has 1 N–H and O–H groups in total. The number of ether oxygens (including phenoxy) is 1. The second kappa shape index (κ2) is 6.54. The molecule has 1 unspecified atom stereocenters. The van der Waals surface area contributed by atoms with Crippen molar-refractivity contribution < 1.29 is 4.74 Å². The second-order valence-electron chi connectivity index (χ2n) is 4.53. The molecule has 1 fully saturated rings. The maximum Gasteiger partial charge on any atom is 0.226 e. The summed E-state index contributed by atoms with van der Waals surface area (Å²) in [4.78, 5) is 11.0. The Labute approximate surface area is 109 Å². The molecule has 1 atom stereocenters. The minimum atomic E-state index is 0.440. The third kappa shape index (κ3) is 3.57. The van der Waals surface area contributed by atoms with Gasteiger partial charge in [0.05, 0.1) is 6.61 Å². The highest BCUT2D eigenvalue weighted by Crippen LogP contribution is 2.15. The van der Waals surface area contributed by atoms with Gasteiger partial charge in [0, 0.05) is 24.8 Å². The van der Waals surface area contributed by atoms with Gasteiger partial charge in [0.2, 0.25) is 11.8 Å². The van der Waals surface area contributed by atoms with Crippen LogP contribution in [-0.2, 0) is 0 Å². The number of hydrogen-bond donors (Lipinski definition) is 1. The molecule has 0 amide bonds. The van der Waals surface area contributed by atoms with Crippen molar-refractivity contribution in [1.82, 2.24) is 14.9 Å². The van der Waals surface area contributed by atoms with Gasteiger partial charge in [0.25, 0.3) is 0 Å². The fourth-order valence-electron chi connectivity index (χ4n) is 2.28. The molecule has 0 radical (unpaired) electrons. The normalized spacial score (nSPS) is 20.7. The molecule has 2 rings (SSSR count). The molecule has 0 aromatic carbocycles. The quantitative estimate of drug-likeness (QED) is 0.863. The summed E-state index contributed by atoms with van der Waals surface area (Å²) in [5, 5.41) is 3.40. The predicted octanol–water partition coefficient (Wildman–Crippen LogP) is 1.77. The molecule has 0 spiro atoms. The molecule has 2 heterocycles. The third-order valence-electron chi connectivity index (χ3n) is 3.21. The van der Waals surface area contributed by atoms with Crippen LogP contribution in [0.4, 0.5) is 5.95 Å². The highest BCUT2D eigenvalue weighted by atomic mass is 16.5. The van der Waals surface area contributed by atoms with Crippen molar-refractivity contribution in [2.24, 2.45) is 0 Å². The summed E-state index contributed by atoms with van der Waals surface area (Å²) in [6, 6.07) is 2.23. The Bertz CT molecular complexity index is 372. The lowest BCUT2D eigenvalue weighted by molar-refractivity contribution is 0.226. The zero-order valence-corrected chi connectivity index (χ0v) is 11.2. The zero-order chi connectivity index (χ0) is 12.8. The maximum atomic E-state index is 5.38. The zero-order valence-electron chi connectivity index (χ0n) is 11.2. The lowest BCUT2D eigenvalue weighted by Gasteiger charge is -2.32. The molecule has 5 heteroatoms. The van der Waals surface area contributed by atoms with Crippen LogP contribution in [0.2, 0.25) is 0 Å². The van der Waals surface area contributed by atoms with Gasteiger partial charge in [-0.25, -0.2) is 4.98 Å². The van der Waals surface area contributed by atoms with E-state index in [4.69, 9.17) is 4.74 Å². The van der Waals surface area contributed by atoms with Crippen molar-refractivity contribution in [3.8, 4) is 5.88 Å². The van der Waals surface area contributed by atoms with Crippen LogP contribution in [0.25, 0.3) is 0 Å². The first-order chi connectivity index (χ1) is 8.81. The van der Waals surface area contributed by atoms with E-state index in [0.717, 1.165) is 13.1 Å². The molecule has 100 valence electrons. The Kier molecular flexibility index (Phi) is 4.75. The molecule has 0 bridgehead atoms. The average molecular weight is 250 g/mol. The highest BCUT2D eigenvalue weighted by Gasteiger charge is 2.19. The number of rotatable bonds is 5. The van der Waals surface area contributed by atoms with E-state index in [1.165, 1.54) is 19.4 Å². The summed E-state index contributed by atoms with van der Waals surface area (Å²) < 4.78 is 5.38. The van der Waals surface area contributed by atoms with Gasteiger partial charge in [0.1, 0.15) is 0 Å². The average Bonchev–Trinajstić information content (AvgIpc) is 2.40. The topological polar surface area (TPSA) is 50.3 Å². The minimum absolute atomic E-state index is 0.440. The van der Waals surface area contributed by atoms with Crippen LogP contribution in [0.1, 0.15) is 26.7 Å². The standard InChI is InChI=1S/C13H22N4O/c1-3-17-9-5-6-11(10-17)15-13-14-8-7-12(16-13)18-4-2/h7-8,11H,3-6,9-10H2,1-2H3,(H,14,15,16). The van der Waals surface area contributed by atoms with Crippen LogP contribution in [0.3, 0.4) is 0 Å². The molecule has 1 aliphatic rings. The fourth-order valence-corrected chi connectivity index (χ4v) is 2.28. The number of hydrogen-bond acceptors (Lipinski definition) is 5. The van der Waals surface area contributed by atoms with Crippen LogP contribution in [-0.4, -0.2) is 47.2 Å². The molecule has 18 heavy (non-hydrogen) atoms. The smallest absolute Gasteiger partial charge is 0.226 e. The highest BCUT2D eigenvalue weighted by molar-refractivity contribution is 5.29. The Morgan fingerprint density at radius 1 is 1.50 bits per heavy atom. The minimum Gasteiger partial charge on any atom is -0.478 e. The SMILES string of the molecule is CCOc1ccnc(NC2CCCN(CC)C2)n1. The molecular weight excluding hydrogens is 228 g/mol. The molecule has 0 saturated carbocycles. The van der Waals surface area contributed by atoms with Gasteiger partial charge in [-0.05, 0) is 32.9 Å². The van der Waals surface area contributed by atoms with Gasteiger partial charge < -0.3 is 15.0 Å². The Morgan fingerprint density at radius 3 is 3.17 bits per heavy atom. The second-order valence-corrected chi connectivity index (χ2v) is 4.53. The van der Waals surface area contributed by atoms with Gasteiger partial charge in [-0.2, -0.15) is 4.98 Å². The first kappa shape index (κ1) is 13.1. The van der Waals surface area contributed by atoms with Gasteiger partial charge in [0.15, 0.2) is 0 Å². The lowest BCUT2D eigenvalue weighted by atomic mass is 10.1. The van der Waals surface area contributed by atoms with Crippen LogP contribution in [0, 0.1) is 0 Å². The van der Waals surface area contributed by atoms with Gasteiger partial charge in [-0.1, -0.05) is 6.92 Å². The van der Waals surface area contributed by atoms with E-state index >= 15 is 0 Å². The Balaban J connectivity index is 1.93. The number of nitrogens with zero attached hydrogens (tertiary/aromatic N) is 3. The van der Waals surface area contributed by atoms with E-state index in [1.54, 1.807) is 12.3 Å². The first-order valence-electron chi connectivity index (χ1n) is 6.76. The predicted molar refractivity (Wildman–Crippen MR) is 72.0 cm³/mol. The van der Waals surface area contributed by atoms with Crippen molar-refractivity contribution in [3.63, 3.8) is 0 Å². The number of nitrogens with one attached hydrogen (secondary N) is 1. The summed E-state index contributed by atoms with van der Waals surface area (Å²) in [5.41, 5.74) is 0. The fraction of sp³-hybridized carbons (Fsp3) is 0.692. The number of aromatic nitrogens is 2. The summed E-state index contributed by atoms with van der Waals surface area (Å²) in [6.45, 7) is 8.17. The van der Waals surface area contributed by atoms with Crippen molar-refractivity contribution in [2.75, 3.05) is 31.6 Å². The van der Waals surface area contributed by atoms with Crippen molar-refractivity contribution >= 4 is 5.95 Å². The van der Waals surface area contributed by atoms with Gasteiger partial charge in [-0.15, -0.1) is 0 Å². The number of likely N-dealkylation sites (tertiary alicyclic amines) is 1. The van der Waals surface area contributed by atoms with Gasteiger partial charge >= 0.3 is 0 Å². The maximum absolute atomic E-state index is 5.38. The Hall–Kier alpha value is -1.36. The number of piperidine rings is 1. The largest absolute Gasteiger partial charge is 0.478 e. The molecular formula is C13H22N4O. The van der Waals surface area contributed by atoms with E-state index in [0.29, 0.717) is 24.5 Å². The van der Waals surface area contributed by atoms with E-state index < -0.39 is 0 Å². The van der Waals surface area contributed by atoms with E-state index in [1.807, 2.05) is 6.92 Å². The molecule has 5 nitrogen and oxygen atoms in total. The van der Waals surface area contributed by atoms with Crippen molar-refractivity contribution in [3.05, 3.63) is 12.3 Å². The van der Waals surface area contributed by atoms with E-state index in [2.05, 4.69) is 27.1 Å². The summed E-state index contributed by atoms with van der Waals surface area (Å²) >= 11 is 0. The molecule has 1 aromatic rings.